The Morgan fingerprint density at radius 1 is 1.41 bits per heavy atom. The van der Waals surface area contributed by atoms with Gasteiger partial charge in [-0.1, -0.05) is 4.68 Å². The summed E-state index contributed by atoms with van der Waals surface area (Å²) in [6.45, 7) is 0.430. The van der Waals surface area contributed by atoms with Gasteiger partial charge >= 0.3 is 12.1 Å². The molecule has 0 aliphatic carbocycles. The van der Waals surface area contributed by atoms with E-state index >= 15 is 0 Å². The maximum absolute atomic E-state index is 10.9. The van der Waals surface area contributed by atoms with E-state index in [4.69, 9.17) is 15.0 Å². The Bertz CT molecular complexity index is 531. The summed E-state index contributed by atoms with van der Waals surface area (Å²) in [7, 11) is 1.56. The molecule has 122 valence electrons. The van der Waals surface area contributed by atoms with Gasteiger partial charge in [0.1, 0.15) is 12.2 Å². The Labute approximate surface area is 122 Å². The van der Waals surface area contributed by atoms with Crippen LogP contribution >= 0.6 is 0 Å². The molecule has 0 spiro atoms. The minimum Gasteiger partial charge on any atom is -0.542 e. The number of aromatic carboxylic acids is 1. The van der Waals surface area contributed by atoms with Gasteiger partial charge in [0.2, 0.25) is 5.91 Å². The maximum Gasteiger partial charge on any atom is 0.430 e. The van der Waals surface area contributed by atoms with Crippen molar-refractivity contribution in [2.45, 2.75) is 19.1 Å². The molecule has 0 aliphatic heterocycles. The zero-order valence-corrected chi connectivity index (χ0v) is 11.3. The van der Waals surface area contributed by atoms with E-state index in [9.17, 15) is 22.8 Å². The summed E-state index contributed by atoms with van der Waals surface area (Å²) < 4.78 is 33.1. The molecule has 0 unspecified atom stereocenters. The molecular formula is C11H12F3N3O5. The Hall–Kier alpha value is -2.72. The summed E-state index contributed by atoms with van der Waals surface area (Å²) in [6.07, 6.45) is -2.08. The zero-order valence-electron chi connectivity index (χ0n) is 11.3. The van der Waals surface area contributed by atoms with Crippen molar-refractivity contribution >= 4 is 17.8 Å². The van der Waals surface area contributed by atoms with Crippen molar-refractivity contribution in [1.82, 2.24) is 10.4 Å². The highest BCUT2D eigenvalue weighted by Crippen LogP contribution is 2.11. The second-order valence-corrected chi connectivity index (χ2v) is 3.69. The first kappa shape index (κ1) is 19.3. The van der Waals surface area contributed by atoms with Crippen molar-refractivity contribution in [3.63, 3.8) is 0 Å². The number of carboxylic acids is 2. The normalized spacial score (nSPS) is 10.2. The average molecular weight is 323 g/mol. The van der Waals surface area contributed by atoms with Crippen molar-refractivity contribution in [1.29, 1.82) is 0 Å². The molecule has 1 amide bonds. The molecule has 0 aromatic carbocycles. The standard InChI is InChI=1S/C9H11N3O3.C2HF3O2/c1-10-8(13)3-5-12-4-2-7(6-11-12)9(14)15;3-2(4,5)1(6)7/h2,4,6H,3,5H2,1H3,(H-,10,13,14,15);(H,6,7). The molecule has 2 N–H and O–H groups in total. The number of amides is 1. The van der Waals surface area contributed by atoms with Crippen molar-refractivity contribution in [2.75, 3.05) is 7.05 Å². The van der Waals surface area contributed by atoms with Crippen molar-refractivity contribution in [3.05, 3.63) is 24.0 Å². The fourth-order valence-corrected chi connectivity index (χ4v) is 0.984. The van der Waals surface area contributed by atoms with E-state index in [1.165, 1.54) is 23.1 Å². The molecule has 0 saturated carbocycles. The van der Waals surface area contributed by atoms with Gasteiger partial charge in [-0.2, -0.15) is 13.2 Å². The lowest BCUT2D eigenvalue weighted by Crippen LogP contribution is -2.39. The number of carboxylic acid groups (broad SMARTS) is 2. The van der Waals surface area contributed by atoms with Gasteiger partial charge in [0.05, 0.1) is 12.0 Å². The van der Waals surface area contributed by atoms with Crippen molar-refractivity contribution in [2.24, 2.45) is 0 Å². The lowest BCUT2D eigenvalue weighted by Gasteiger charge is -2.03. The number of hydrogen-bond donors (Lipinski definition) is 2. The molecule has 1 aromatic heterocycles. The highest BCUT2D eigenvalue weighted by Gasteiger charge is 2.28. The van der Waals surface area contributed by atoms with Gasteiger partial charge in [-0.3, -0.25) is 4.79 Å². The Morgan fingerprint density at radius 3 is 2.27 bits per heavy atom. The fraction of sp³-hybridized carbons (Fsp3) is 0.364. The monoisotopic (exact) mass is 323 g/mol. The minimum absolute atomic E-state index is 0.0772. The van der Waals surface area contributed by atoms with Crippen molar-refractivity contribution < 1.29 is 42.4 Å². The quantitative estimate of drug-likeness (QED) is 0.650. The van der Waals surface area contributed by atoms with Crippen LogP contribution in [0, 0.1) is 0 Å². The van der Waals surface area contributed by atoms with Crippen LogP contribution in [0.4, 0.5) is 13.2 Å². The first-order chi connectivity index (χ1) is 10.1. The number of carbonyl (C=O) groups is 3. The Kier molecular flexibility index (Phi) is 7.49. The molecule has 0 fully saturated rings. The molecule has 1 aromatic rings. The molecule has 0 atom stereocenters. The zero-order chi connectivity index (χ0) is 17.3. The van der Waals surface area contributed by atoms with Crippen LogP contribution in [-0.2, 0) is 16.1 Å². The number of nitrogens with zero attached hydrogens (tertiary/aromatic N) is 2. The first-order valence-corrected chi connectivity index (χ1v) is 5.65. The van der Waals surface area contributed by atoms with Gasteiger partial charge in [0.25, 0.3) is 0 Å². The highest BCUT2D eigenvalue weighted by molar-refractivity contribution is 5.86. The maximum atomic E-state index is 10.9. The predicted octanol–water partition coefficient (Wildman–Crippen LogP) is -1.50. The second kappa shape index (κ2) is 8.54. The summed E-state index contributed by atoms with van der Waals surface area (Å²) >= 11 is 0. The van der Waals surface area contributed by atoms with E-state index in [1.54, 1.807) is 7.05 Å². The van der Waals surface area contributed by atoms with Gasteiger partial charge in [0, 0.05) is 13.1 Å². The SMILES string of the molecule is CNC(=O)CC[n+]1ccc(C(=O)O)cn1.O=C([O-])C(F)(F)F. The fourth-order valence-electron chi connectivity index (χ4n) is 0.984. The van der Waals surface area contributed by atoms with E-state index in [0.29, 0.717) is 13.0 Å². The number of aliphatic carboxylic acids is 1. The largest absolute Gasteiger partial charge is 0.542 e. The molecule has 0 aliphatic rings. The van der Waals surface area contributed by atoms with E-state index in [2.05, 4.69) is 10.4 Å². The molecule has 8 nitrogen and oxygen atoms in total. The van der Waals surface area contributed by atoms with Crippen LogP contribution in [0.1, 0.15) is 16.8 Å². The summed E-state index contributed by atoms with van der Waals surface area (Å²) in [5, 5.41) is 23.8. The van der Waals surface area contributed by atoms with E-state index in [1.807, 2.05) is 0 Å². The Balaban J connectivity index is 0.000000534. The van der Waals surface area contributed by atoms with E-state index < -0.39 is 18.1 Å². The van der Waals surface area contributed by atoms with Crippen LogP contribution in [0.25, 0.3) is 0 Å². The average Bonchev–Trinajstić information content (AvgIpc) is 2.44. The molecule has 1 rings (SSSR count). The molecule has 1 heterocycles. The Morgan fingerprint density at radius 2 is 1.95 bits per heavy atom. The number of aromatic nitrogens is 2. The van der Waals surface area contributed by atoms with Gasteiger partial charge < -0.3 is 20.3 Å². The smallest absolute Gasteiger partial charge is 0.430 e. The molecule has 22 heavy (non-hydrogen) atoms. The number of halogens is 3. The molecule has 0 radical (unpaired) electrons. The number of carbonyl (C=O) groups excluding carboxylic acids is 2. The third-order valence-electron chi connectivity index (χ3n) is 2.10. The van der Waals surface area contributed by atoms with Gasteiger partial charge in [-0.15, -0.1) is 0 Å². The van der Waals surface area contributed by atoms with Crippen LogP contribution in [0.3, 0.4) is 0 Å². The number of alkyl halides is 3. The van der Waals surface area contributed by atoms with E-state index in [-0.39, 0.29) is 11.5 Å². The summed E-state index contributed by atoms with van der Waals surface area (Å²) in [4.78, 5) is 30.2. The van der Waals surface area contributed by atoms with Crippen molar-refractivity contribution in [3.8, 4) is 0 Å². The topological polar surface area (TPSA) is 123 Å². The lowest BCUT2D eigenvalue weighted by molar-refractivity contribution is -0.752. The van der Waals surface area contributed by atoms with Crippen LogP contribution in [0.15, 0.2) is 18.5 Å². The predicted molar refractivity (Wildman–Crippen MR) is 61.1 cm³/mol. The van der Waals surface area contributed by atoms with E-state index in [0.717, 1.165) is 0 Å². The van der Waals surface area contributed by atoms with Crippen LogP contribution in [0.5, 0.6) is 0 Å². The third-order valence-corrected chi connectivity index (χ3v) is 2.10. The molecular weight excluding hydrogens is 311 g/mol. The van der Waals surface area contributed by atoms with Crippen LogP contribution < -0.4 is 15.1 Å². The number of rotatable bonds is 4. The molecule has 0 saturated heterocycles. The number of hydrogen-bond acceptors (Lipinski definition) is 5. The minimum atomic E-state index is -5.19. The summed E-state index contributed by atoms with van der Waals surface area (Å²) in [6, 6.07) is 1.44. The molecule has 11 heteroatoms. The highest BCUT2D eigenvalue weighted by atomic mass is 19.4. The lowest BCUT2D eigenvalue weighted by atomic mass is 10.3. The number of aryl methyl sites for hydroxylation is 1. The number of nitrogens with one attached hydrogen (secondary N) is 1. The van der Waals surface area contributed by atoms with Crippen LogP contribution in [-0.4, -0.2) is 41.3 Å². The van der Waals surface area contributed by atoms with Gasteiger partial charge in [-0.25, -0.2) is 4.79 Å². The summed E-state index contributed by atoms with van der Waals surface area (Å²) in [5.74, 6) is -4.10. The van der Waals surface area contributed by atoms with Gasteiger partial charge in [-0.05, 0) is 5.10 Å². The third kappa shape index (κ3) is 7.77. The summed E-state index contributed by atoms with van der Waals surface area (Å²) in [5.41, 5.74) is 0.131. The first-order valence-electron chi connectivity index (χ1n) is 5.65. The second-order valence-electron chi connectivity index (χ2n) is 3.69. The van der Waals surface area contributed by atoms with Crippen LogP contribution in [0.2, 0.25) is 0 Å². The van der Waals surface area contributed by atoms with Gasteiger partial charge in [0.15, 0.2) is 12.7 Å². The molecule has 0 bridgehead atoms.